The van der Waals surface area contributed by atoms with Crippen LogP contribution in [0, 0.1) is 0 Å². The van der Waals surface area contributed by atoms with E-state index in [2.05, 4.69) is 155 Å². The molecule has 11 rings (SSSR count). The Morgan fingerprint density at radius 3 is 2.41 bits per heavy atom. The molecule has 4 nitrogen and oxygen atoms in total. The first-order chi connectivity index (χ1) is 24.3. The Kier molecular flexibility index (Phi) is 5.69. The second-order valence-electron chi connectivity index (χ2n) is 13.0. The smallest absolute Gasteiger partial charge is 0.146 e. The van der Waals surface area contributed by atoms with Gasteiger partial charge in [-0.05, 0) is 29.7 Å². The monoisotopic (exact) mass is 647 g/mol. The van der Waals surface area contributed by atoms with Gasteiger partial charge in [-0.3, -0.25) is 4.99 Å². The number of hydrogen-bond acceptors (Lipinski definition) is 4. The van der Waals surface area contributed by atoms with E-state index >= 15 is 0 Å². The molecule has 0 spiro atoms. The molecule has 0 amide bonds. The summed E-state index contributed by atoms with van der Waals surface area (Å²) in [5.41, 5.74) is 10.6. The standard InChI is InChI=1S/C44H29N3OS/c1-2-12-27(13-3-1)40-43-41(33-16-7-9-20-38(33)49-43)46-44(45-40)34-17-10-19-36-39(34)32-24-22-28(25-37(32)48-36)47-35-18-8-6-15-30(35)31-23-21-26-11-4-5-14-29(26)42(31)47/h1-24,37,44,46H,25H2. The molecule has 0 radical (unpaired) electrons. The number of para-hydroxylation sites is 1. The molecule has 1 N–H and O–H groups in total. The molecule has 0 saturated heterocycles. The van der Waals surface area contributed by atoms with Crippen LogP contribution in [0.15, 0.2) is 151 Å². The van der Waals surface area contributed by atoms with Gasteiger partial charge in [0.1, 0.15) is 18.0 Å². The van der Waals surface area contributed by atoms with E-state index in [1.165, 1.54) is 58.8 Å². The number of ether oxygens (including phenoxy) is 1. The van der Waals surface area contributed by atoms with Gasteiger partial charge in [0.2, 0.25) is 0 Å². The Morgan fingerprint density at radius 1 is 0.694 bits per heavy atom. The summed E-state index contributed by atoms with van der Waals surface area (Å²) in [6.45, 7) is 0. The van der Waals surface area contributed by atoms with Gasteiger partial charge in [0.15, 0.2) is 0 Å². The second-order valence-corrected chi connectivity index (χ2v) is 14.1. The summed E-state index contributed by atoms with van der Waals surface area (Å²) in [5.74, 6) is 0.926. The van der Waals surface area contributed by atoms with Crippen LogP contribution in [0.5, 0.6) is 5.75 Å². The maximum Gasteiger partial charge on any atom is 0.146 e. The molecule has 0 bridgehead atoms. The number of fused-ring (bicyclic) bond motifs is 11. The van der Waals surface area contributed by atoms with E-state index in [9.17, 15) is 0 Å². The normalized spacial score (nSPS) is 18.0. The molecule has 3 aliphatic rings. The zero-order valence-electron chi connectivity index (χ0n) is 26.4. The minimum absolute atomic E-state index is 0.0824. The van der Waals surface area contributed by atoms with Crippen LogP contribution in [0.25, 0.3) is 53.9 Å². The lowest BCUT2D eigenvalue weighted by Gasteiger charge is -2.26. The molecule has 49 heavy (non-hydrogen) atoms. The fraction of sp³-hybridized carbons (Fsp3) is 0.0682. The Bertz CT molecular complexity index is 2760. The Labute approximate surface area is 286 Å². The van der Waals surface area contributed by atoms with E-state index in [1.54, 1.807) is 11.3 Å². The number of anilines is 1. The molecule has 2 atom stereocenters. The highest BCUT2D eigenvalue weighted by molar-refractivity contribution is 7.22. The average Bonchev–Trinajstić information content (AvgIpc) is 3.84. The van der Waals surface area contributed by atoms with Crippen molar-refractivity contribution in [2.24, 2.45) is 4.99 Å². The van der Waals surface area contributed by atoms with Gasteiger partial charge in [0.05, 0.1) is 27.3 Å². The van der Waals surface area contributed by atoms with E-state index in [4.69, 9.17) is 9.73 Å². The van der Waals surface area contributed by atoms with Crippen molar-refractivity contribution < 1.29 is 4.74 Å². The van der Waals surface area contributed by atoms with Crippen LogP contribution in [0.4, 0.5) is 5.69 Å². The summed E-state index contributed by atoms with van der Waals surface area (Å²) in [6.07, 6.45) is 5.04. The number of nitrogens with one attached hydrogen (secondary N) is 1. The summed E-state index contributed by atoms with van der Waals surface area (Å²) >= 11 is 1.80. The SMILES string of the molecule is C1=C2c3c(cccc3C3N=C(c4ccccc4)c4sc5ccccc5c4N3)OC2CC(n2c3ccccc3c3ccc4ccccc4c32)=C1. The summed E-state index contributed by atoms with van der Waals surface area (Å²) in [7, 11) is 0. The zero-order valence-corrected chi connectivity index (χ0v) is 27.2. The fourth-order valence-electron chi connectivity index (χ4n) is 8.20. The number of thiophene rings is 1. The van der Waals surface area contributed by atoms with Crippen LogP contribution in [-0.2, 0) is 0 Å². The van der Waals surface area contributed by atoms with Crippen molar-refractivity contribution in [3.63, 3.8) is 0 Å². The number of benzene rings is 6. The van der Waals surface area contributed by atoms with Gasteiger partial charge >= 0.3 is 0 Å². The number of rotatable bonds is 3. The predicted molar refractivity (Wildman–Crippen MR) is 205 cm³/mol. The molecule has 232 valence electrons. The van der Waals surface area contributed by atoms with Gasteiger partial charge in [-0.15, -0.1) is 11.3 Å². The minimum Gasteiger partial charge on any atom is -0.485 e. The maximum atomic E-state index is 6.82. The Morgan fingerprint density at radius 2 is 1.49 bits per heavy atom. The number of aromatic nitrogens is 1. The van der Waals surface area contributed by atoms with Crippen LogP contribution < -0.4 is 10.1 Å². The molecule has 1 aliphatic carbocycles. The third-order valence-electron chi connectivity index (χ3n) is 10.4. The van der Waals surface area contributed by atoms with E-state index in [0.29, 0.717) is 0 Å². The summed E-state index contributed by atoms with van der Waals surface area (Å²) < 4.78 is 10.6. The van der Waals surface area contributed by atoms with Gasteiger partial charge in [0.25, 0.3) is 0 Å². The highest BCUT2D eigenvalue weighted by Gasteiger charge is 2.37. The minimum atomic E-state index is -0.256. The molecule has 0 fully saturated rings. The van der Waals surface area contributed by atoms with Gasteiger partial charge in [-0.1, -0.05) is 121 Å². The van der Waals surface area contributed by atoms with Crippen molar-refractivity contribution >= 4 is 76.7 Å². The largest absolute Gasteiger partial charge is 0.485 e. The number of nitrogens with zero attached hydrogens (tertiary/aromatic N) is 2. The first kappa shape index (κ1) is 27.1. The quantitative estimate of drug-likeness (QED) is 0.207. The lowest BCUT2D eigenvalue weighted by molar-refractivity contribution is 0.280. The van der Waals surface area contributed by atoms with E-state index in [1.807, 2.05) is 0 Å². The van der Waals surface area contributed by atoms with Crippen molar-refractivity contribution in [1.29, 1.82) is 0 Å². The second kappa shape index (κ2) is 10.3. The van der Waals surface area contributed by atoms with Crippen LogP contribution in [0.3, 0.4) is 0 Å². The van der Waals surface area contributed by atoms with Crippen molar-refractivity contribution in [3.05, 3.63) is 167 Å². The van der Waals surface area contributed by atoms with Crippen LogP contribution in [-0.4, -0.2) is 16.4 Å². The lowest BCUT2D eigenvalue weighted by Crippen LogP contribution is -2.20. The summed E-state index contributed by atoms with van der Waals surface area (Å²) in [5, 5.41) is 10.2. The molecule has 6 aromatic carbocycles. The lowest BCUT2D eigenvalue weighted by atomic mass is 9.90. The third-order valence-corrected chi connectivity index (χ3v) is 11.5. The zero-order chi connectivity index (χ0) is 32.1. The first-order valence-corrected chi connectivity index (χ1v) is 17.7. The van der Waals surface area contributed by atoms with Crippen molar-refractivity contribution in [2.45, 2.75) is 18.7 Å². The highest BCUT2D eigenvalue weighted by Crippen LogP contribution is 2.50. The molecule has 2 aliphatic heterocycles. The molecule has 0 saturated carbocycles. The van der Waals surface area contributed by atoms with E-state index < -0.39 is 0 Å². The molecular weight excluding hydrogens is 619 g/mol. The first-order valence-electron chi connectivity index (χ1n) is 16.8. The molecular formula is C44H29N3OS. The van der Waals surface area contributed by atoms with E-state index in [0.717, 1.165) is 40.3 Å². The Balaban J connectivity index is 1.07. The van der Waals surface area contributed by atoms with Gasteiger partial charge < -0.3 is 14.6 Å². The molecule has 2 aromatic heterocycles. The highest BCUT2D eigenvalue weighted by atomic mass is 32.1. The molecule has 5 heteroatoms. The molecule has 8 aromatic rings. The molecule has 2 unspecified atom stereocenters. The van der Waals surface area contributed by atoms with Crippen LogP contribution in [0.2, 0.25) is 0 Å². The predicted octanol–water partition coefficient (Wildman–Crippen LogP) is 11.2. The number of allylic oxidation sites excluding steroid dienone is 2. The van der Waals surface area contributed by atoms with E-state index in [-0.39, 0.29) is 12.3 Å². The molecule has 4 heterocycles. The van der Waals surface area contributed by atoms with Gasteiger partial charge in [0, 0.05) is 60.6 Å². The maximum absolute atomic E-state index is 6.82. The van der Waals surface area contributed by atoms with Crippen LogP contribution in [0.1, 0.15) is 34.2 Å². The Hall–Kier alpha value is -5.91. The summed E-state index contributed by atoms with van der Waals surface area (Å²) in [6, 6.07) is 47.7. The van der Waals surface area contributed by atoms with Crippen molar-refractivity contribution in [3.8, 4) is 5.75 Å². The van der Waals surface area contributed by atoms with Crippen molar-refractivity contribution in [2.75, 3.05) is 5.32 Å². The third kappa shape index (κ3) is 3.94. The van der Waals surface area contributed by atoms with Crippen LogP contribution >= 0.6 is 11.3 Å². The number of hydrogen-bond donors (Lipinski definition) is 1. The van der Waals surface area contributed by atoms with Gasteiger partial charge in [-0.2, -0.15) is 0 Å². The van der Waals surface area contributed by atoms with Gasteiger partial charge in [-0.25, -0.2) is 0 Å². The summed E-state index contributed by atoms with van der Waals surface area (Å²) in [4.78, 5) is 6.63. The average molecular weight is 648 g/mol. The fourth-order valence-corrected chi connectivity index (χ4v) is 9.39. The topological polar surface area (TPSA) is 38.6 Å². The van der Waals surface area contributed by atoms with Crippen molar-refractivity contribution in [1.82, 2.24) is 4.57 Å². The number of aliphatic imine (C=N–C) groups is 1.